The summed E-state index contributed by atoms with van der Waals surface area (Å²) in [7, 11) is -1.59. The zero-order chi connectivity index (χ0) is 22.6. The SMILES string of the molecule is COc1ccc(Nc2ccc(S(=O)(=O)NCc3ccco3)c(C(F)(F)F)c2)c(OC)c1. The number of furan rings is 1. The smallest absolute Gasteiger partial charge is 0.417 e. The summed E-state index contributed by atoms with van der Waals surface area (Å²) in [5.41, 5.74) is -0.902. The van der Waals surface area contributed by atoms with Crippen LogP contribution in [-0.4, -0.2) is 22.6 Å². The minimum Gasteiger partial charge on any atom is -0.497 e. The van der Waals surface area contributed by atoms with Gasteiger partial charge in [0, 0.05) is 11.8 Å². The van der Waals surface area contributed by atoms with Crippen LogP contribution >= 0.6 is 0 Å². The van der Waals surface area contributed by atoms with Gasteiger partial charge >= 0.3 is 6.18 Å². The Kier molecular flexibility index (Phi) is 6.46. The van der Waals surface area contributed by atoms with Crippen LogP contribution in [-0.2, 0) is 22.7 Å². The van der Waals surface area contributed by atoms with Gasteiger partial charge in [-0.2, -0.15) is 13.2 Å². The van der Waals surface area contributed by atoms with E-state index in [1.165, 1.54) is 32.6 Å². The fourth-order valence-electron chi connectivity index (χ4n) is 2.78. The molecule has 0 aliphatic carbocycles. The summed E-state index contributed by atoms with van der Waals surface area (Å²) < 4.78 is 83.5. The van der Waals surface area contributed by atoms with E-state index in [-0.39, 0.29) is 18.0 Å². The van der Waals surface area contributed by atoms with E-state index in [1.807, 2.05) is 0 Å². The number of halogens is 3. The highest BCUT2D eigenvalue weighted by molar-refractivity contribution is 7.89. The molecule has 3 aromatic rings. The van der Waals surface area contributed by atoms with Gasteiger partial charge in [0.15, 0.2) is 0 Å². The summed E-state index contributed by atoms with van der Waals surface area (Å²) in [5.74, 6) is 1.11. The predicted octanol–water partition coefficient (Wildman–Crippen LogP) is 4.54. The first-order valence-corrected chi connectivity index (χ1v) is 10.3. The van der Waals surface area contributed by atoms with Crippen molar-refractivity contribution in [2.45, 2.75) is 17.6 Å². The first-order valence-electron chi connectivity index (χ1n) is 8.86. The van der Waals surface area contributed by atoms with Crippen molar-refractivity contribution in [3.8, 4) is 11.5 Å². The van der Waals surface area contributed by atoms with Gasteiger partial charge in [-0.3, -0.25) is 0 Å². The van der Waals surface area contributed by atoms with Crippen LogP contribution in [0.1, 0.15) is 11.3 Å². The van der Waals surface area contributed by atoms with Crippen molar-refractivity contribution in [1.82, 2.24) is 4.72 Å². The van der Waals surface area contributed by atoms with E-state index in [1.54, 1.807) is 24.3 Å². The minimum absolute atomic E-state index is 0.0285. The lowest BCUT2D eigenvalue weighted by molar-refractivity contribution is -0.139. The normalized spacial score (nSPS) is 11.9. The molecule has 3 rings (SSSR count). The van der Waals surface area contributed by atoms with Gasteiger partial charge in [-0.25, -0.2) is 13.1 Å². The monoisotopic (exact) mass is 456 g/mol. The van der Waals surface area contributed by atoms with Crippen LogP contribution in [0, 0.1) is 0 Å². The summed E-state index contributed by atoms with van der Waals surface area (Å²) in [6.07, 6.45) is -3.57. The number of methoxy groups -OCH3 is 2. The Hall–Kier alpha value is -3.18. The minimum atomic E-state index is -4.91. The van der Waals surface area contributed by atoms with Gasteiger partial charge in [0.05, 0.1) is 43.2 Å². The van der Waals surface area contributed by atoms with Crippen LogP contribution in [0.25, 0.3) is 0 Å². The highest BCUT2D eigenvalue weighted by Crippen LogP contribution is 2.38. The van der Waals surface area contributed by atoms with Crippen LogP contribution in [0.2, 0.25) is 0 Å². The number of ether oxygens (including phenoxy) is 2. The third-order valence-electron chi connectivity index (χ3n) is 4.28. The summed E-state index contributed by atoms with van der Waals surface area (Å²) in [6, 6.07) is 10.6. The molecule has 31 heavy (non-hydrogen) atoms. The van der Waals surface area contributed by atoms with E-state index >= 15 is 0 Å². The van der Waals surface area contributed by atoms with Gasteiger partial charge in [0.1, 0.15) is 17.3 Å². The van der Waals surface area contributed by atoms with E-state index < -0.39 is 26.7 Å². The number of hydrogen-bond acceptors (Lipinski definition) is 6. The molecule has 0 saturated heterocycles. The molecule has 0 bridgehead atoms. The quantitative estimate of drug-likeness (QED) is 0.518. The highest BCUT2D eigenvalue weighted by atomic mass is 32.2. The van der Waals surface area contributed by atoms with Crippen molar-refractivity contribution >= 4 is 21.4 Å². The number of alkyl halides is 3. The van der Waals surface area contributed by atoms with Gasteiger partial charge in [-0.15, -0.1) is 0 Å². The molecule has 0 unspecified atom stereocenters. The first-order chi connectivity index (χ1) is 14.6. The van der Waals surface area contributed by atoms with Crippen LogP contribution < -0.4 is 19.5 Å². The number of rotatable bonds is 8. The van der Waals surface area contributed by atoms with Crippen molar-refractivity contribution in [1.29, 1.82) is 0 Å². The van der Waals surface area contributed by atoms with Crippen molar-refractivity contribution < 1.29 is 35.5 Å². The molecule has 0 saturated carbocycles. The van der Waals surface area contributed by atoms with E-state index in [2.05, 4.69) is 10.0 Å². The predicted molar refractivity (Wildman–Crippen MR) is 107 cm³/mol. The molecule has 1 aromatic heterocycles. The standard InChI is InChI=1S/C20H19F3N2O5S/c1-28-14-6-7-17(18(11-14)29-2)25-13-5-8-19(16(10-13)20(21,22)23)31(26,27)24-12-15-4-3-9-30-15/h3-11,24-25H,12H2,1-2H3. The molecule has 2 N–H and O–H groups in total. The molecule has 7 nitrogen and oxygen atoms in total. The summed E-state index contributed by atoms with van der Waals surface area (Å²) >= 11 is 0. The topological polar surface area (TPSA) is 89.8 Å². The van der Waals surface area contributed by atoms with Crippen molar-refractivity contribution in [3.05, 3.63) is 66.1 Å². The third kappa shape index (κ3) is 5.30. The zero-order valence-electron chi connectivity index (χ0n) is 16.5. The summed E-state index contributed by atoms with van der Waals surface area (Å²) in [6.45, 7) is -0.282. The van der Waals surface area contributed by atoms with Gasteiger partial charge in [-0.05, 0) is 42.5 Å². The molecule has 1 heterocycles. The fourth-order valence-corrected chi connectivity index (χ4v) is 3.98. The average molecular weight is 456 g/mol. The molecule has 0 fully saturated rings. The molecule has 0 aliphatic rings. The molecule has 0 spiro atoms. The maximum Gasteiger partial charge on any atom is 0.417 e. The van der Waals surface area contributed by atoms with Gasteiger partial charge in [0.25, 0.3) is 0 Å². The zero-order valence-corrected chi connectivity index (χ0v) is 17.3. The van der Waals surface area contributed by atoms with Crippen molar-refractivity contribution in [2.75, 3.05) is 19.5 Å². The molecule has 2 aromatic carbocycles. The molecule has 11 heteroatoms. The fraction of sp³-hybridized carbons (Fsp3) is 0.200. The third-order valence-corrected chi connectivity index (χ3v) is 5.74. The molecular formula is C20H19F3N2O5S. The Bertz CT molecular complexity index is 1150. The van der Waals surface area contributed by atoms with E-state index in [9.17, 15) is 21.6 Å². The van der Waals surface area contributed by atoms with Crippen LogP contribution in [0.5, 0.6) is 11.5 Å². The van der Waals surface area contributed by atoms with E-state index in [0.29, 0.717) is 17.2 Å². The Morgan fingerprint density at radius 1 is 1.03 bits per heavy atom. The number of benzene rings is 2. The molecule has 0 amide bonds. The maximum atomic E-state index is 13.7. The first kappa shape index (κ1) is 22.5. The Balaban J connectivity index is 1.94. The second kappa shape index (κ2) is 8.90. The molecule has 166 valence electrons. The second-order valence-corrected chi connectivity index (χ2v) is 8.04. The van der Waals surface area contributed by atoms with Gasteiger partial charge in [-0.1, -0.05) is 0 Å². The van der Waals surface area contributed by atoms with Crippen molar-refractivity contribution in [2.24, 2.45) is 0 Å². The number of nitrogens with one attached hydrogen (secondary N) is 2. The average Bonchev–Trinajstić information content (AvgIpc) is 3.25. The molecule has 0 atom stereocenters. The van der Waals surface area contributed by atoms with Crippen molar-refractivity contribution in [3.63, 3.8) is 0 Å². The van der Waals surface area contributed by atoms with Crippen LogP contribution in [0.3, 0.4) is 0 Å². The van der Waals surface area contributed by atoms with Gasteiger partial charge < -0.3 is 19.2 Å². The number of anilines is 2. The Morgan fingerprint density at radius 3 is 2.42 bits per heavy atom. The summed E-state index contributed by atoms with van der Waals surface area (Å²) in [4.78, 5) is -0.890. The Labute approximate surface area is 176 Å². The second-order valence-electron chi connectivity index (χ2n) is 6.30. The summed E-state index contributed by atoms with van der Waals surface area (Å²) in [5, 5.41) is 2.81. The van der Waals surface area contributed by atoms with Crippen LogP contribution in [0.4, 0.5) is 24.5 Å². The maximum absolute atomic E-state index is 13.7. The lowest BCUT2D eigenvalue weighted by atomic mass is 10.1. The van der Waals surface area contributed by atoms with E-state index in [0.717, 1.165) is 12.1 Å². The number of sulfonamides is 1. The lowest BCUT2D eigenvalue weighted by Gasteiger charge is -2.17. The number of hydrogen-bond donors (Lipinski definition) is 2. The Morgan fingerprint density at radius 2 is 1.81 bits per heavy atom. The molecular weight excluding hydrogens is 437 g/mol. The lowest BCUT2D eigenvalue weighted by Crippen LogP contribution is -2.26. The molecule has 0 radical (unpaired) electrons. The highest BCUT2D eigenvalue weighted by Gasteiger charge is 2.37. The van der Waals surface area contributed by atoms with Crippen LogP contribution in [0.15, 0.2) is 64.1 Å². The molecule has 0 aliphatic heterocycles. The van der Waals surface area contributed by atoms with E-state index in [4.69, 9.17) is 13.9 Å². The largest absolute Gasteiger partial charge is 0.497 e. The van der Waals surface area contributed by atoms with Gasteiger partial charge in [0.2, 0.25) is 10.0 Å².